The van der Waals surface area contributed by atoms with Crippen LogP contribution in [0.4, 0.5) is 4.39 Å². The highest BCUT2D eigenvalue weighted by Gasteiger charge is 2.20. The molecule has 0 fully saturated rings. The Hall–Kier alpha value is -1.62. The van der Waals surface area contributed by atoms with Gasteiger partial charge in [0.15, 0.2) is 0 Å². The van der Waals surface area contributed by atoms with Gasteiger partial charge in [0.05, 0.1) is 11.4 Å². The molecule has 0 aliphatic carbocycles. The van der Waals surface area contributed by atoms with E-state index in [0.29, 0.717) is 0 Å². The standard InChI is InChI=1S/C13H15ClFNO3/c1-7(2)11(6-12(17)18)16-13(19)8-3-4-9(14)10(15)5-8/h3-5,7,11H,6H2,1-2H3,(H,16,19)(H,17,18). The van der Waals surface area contributed by atoms with Gasteiger partial charge in [0, 0.05) is 11.6 Å². The quantitative estimate of drug-likeness (QED) is 0.875. The van der Waals surface area contributed by atoms with E-state index in [1.807, 2.05) is 0 Å². The Morgan fingerprint density at radius 1 is 1.42 bits per heavy atom. The van der Waals surface area contributed by atoms with Gasteiger partial charge in [0.25, 0.3) is 5.91 Å². The molecular formula is C13H15ClFNO3. The van der Waals surface area contributed by atoms with Crippen molar-refractivity contribution in [3.05, 3.63) is 34.6 Å². The number of nitrogens with one attached hydrogen (secondary N) is 1. The third kappa shape index (κ3) is 4.52. The van der Waals surface area contributed by atoms with E-state index in [2.05, 4.69) is 5.32 Å². The molecule has 0 saturated heterocycles. The van der Waals surface area contributed by atoms with E-state index in [-0.39, 0.29) is 22.9 Å². The number of hydrogen-bond donors (Lipinski definition) is 2. The van der Waals surface area contributed by atoms with Crippen molar-refractivity contribution in [2.45, 2.75) is 26.3 Å². The zero-order valence-corrected chi connectivity index (χ0v) is 11.4. The molecule has 0 saturated carbocycles. The Labute approximate surface area is 115 Å². The number of carbonyl (C=O) groups is 2. The van der Waals surface area contributed by atoms with Gasteiger partial charge in [-0.2, -0.15) is 0 Å². The molecule has 1 rings (SSSR count). The zero-order valence-electron chi connectivity index (χ0n) is 10.6. The van der Waals surface area contributed by atoms with Gasteiger partial charge in [0.1, 0.15) is 5.82 Å². The first-order valence-electron chi connectivity index (χ1n) is 5.79. The average molecular weight is 288 g/mol. The molecule has 1 atom stereocenters. The number of halogens is 2. The van der Waals surface area contributed by atoms with E-state index in [4.69, 9.17) is 16.7 Å². The Balaban J connectivity index is 2.81. The van der Waals surface area contributed by atoms with Crippen LogP contribution in [0.1, 0.15) is 30.6 Å². The van der Waals surface area contributed by atoms with Crippen LogP contribution < -0.4 is 5.32 Å². The minimum Gasteiger partial charge on any atom is -0.481 e. The van der Waals surface area contributed by atoms with Crippen molar-refractivity contribution in [1.82, 2.24) is 5.32 Å². The molecule has 0 bridgehead atoms. The highest BCUT2D eigenvalue weighted by atomic mass is 35.5. The Morgan fingerprint density at radius 3 is 2.53 bits per heavy atom. The normalized spacial score (nSPS) is 12.3. The summed E-state index contributed by atoms with van der Waals surface area (Å²) in [5, 5.41) is 11.3. The molecule has 1 aromatic rings. The van der Waals surface area contributed by atoms with Crippen LogP contribution in [0.25, 0.3) is 0 Å². The summed E-state index contributed by atoms with van der Waals surface area (Å²) in [6, 6.07) is 3.19. The van der Waals surface area contributed by atoms with Crippen molar-refractivity contribution in [3.8, 4) is 0 Å². The first-order chi connectivity index (χ1) is 8.81. The summed E-state index contributed by atoms with van der Waals surface area (Å²) >= 11 is 5.53. The summed E-state index contributed by atoms with van der Waals surface area (Å²) in [7, 11) is 0. The fourth-order valence-electron chi connectivity index (χ4n) is 1.53. The predicted molar refractivity (Wildman–Crippen MR) is 69.8 cm³/mol. The van der Waals surface area contributed by atoms with E-state index >= 15 is 0 Å². The van der Waals surface area contributed by atoms with Crippen LogP contribution in [0.2, 0.25) is 5.02 Å². The van der Waals surface area contributed by atoms with E-state index < -0.39 is 23.7 Å². The average Bonchev–Trinajstić information content (AvgIpc) is 2.31. The van der Waals surface area contributed by atoms with Gasteiger partial charge >= 0.3 is 5.97 Å². The fraction of sp³-hybridized carbons (Fsp3) is 0.385. The number of aliphatic carboxylic acids is 1. The van der Waals surface area contributed by atoms with Crippen molar-refractivity contribution in [3.63, 3.8) is 0 Å². The molecule has 0 spiro atoms. The van der Waals surface area contributed by atoms with Crippen molar-refractivity contribution >= 4 is 23.5 Å². The van der Waals surface area contributed by atoms with Crippen molar-refractivity contribution in [2.24, 2.45) is 5.92 Å². The molecule has 1 aromatic carbocycles. The van der Waals surface area contributed by atoms with E-state index in [1.54, 1.807) is 13.8 Å². The summed E-state index contributed by atoms with van der Waals surface area (Å²) in [6.07, 6.45) is -0.181. The summed E-state index contributed by atoms with van der Waals surface area (Å²) < 4.78 is 13.2. The summed E-state index contributed by atoms with van der Waals surface area (Å²) in [4.78, 5) is 22.6. The first kappa shape index (κ1) is 15.4. The molecule has 0 aliphatic heterocycles. The van der Waals surface area contributed by atoms with Crippen LogP contribution in [0.5, 0.6) is 0 Å². The summed E-state index contributed by atoms with van der Waals surface area (Å²) in [5.41, 5.74) is 0.109. The lowest BCUT2D eigenvalue weighted by molar-refractivity contribution is -0.137. The number of hydrogen-bond acceptors (Lipinski definition) is 2. The lowest BCUT2D eigenvalue weighted by Crippen LogP contribution is -2.40. The SMILES string of the molecule is CC(C)C(CC(=O)O)NC(=O)c1ccc(Cl)c(F)c1. The van der Waals surface area contributed by atoms with E-state index in [0.717, 1.165) is 6.07 Å². The number of benzene rings is 1. The topological polar surface area (TPSA) is 66.4 Å². The van der Waals surface area contributed by atoms with Crippen LogP contribution in [0, 0.1) is 11.7 Å². The molecular weight excluding hydrogens is 273 g/mol. The summed E-state index contributed by atoms with van der Waals surface area (Å²) in [5.74, 6) is -2.25. The Kier molecular flexibility index (Phi) is 5.30. The molecule has 4 nitrogen and oxygen atoms in total. The molecule has 0 radical (unpaired) electrons. The molecule has 1 amide bonds. The predicted octanol–water partition coefficient (Wildman–Crippen LogP) is 2.71. The van der Waals surface area contributed by atoms with Gasteiger partial charge in [-0.05, 0) is 24.1 Å². The van der Waals surface area contributed by atoms with Gasteiger partial charge in [-0.3, -0.25) is 9.59 Å². The van der Waals surface area contributed by atoms with Crippen molar-refractivity contribution in [1.29, 1.82) is 0 Å². The lowest BCUT2D eigenvalue weighted by atomic mass is 10.0. The maximum Gasteiger partial charge on any atom is 0.305 e. The van der Waals surface area contributed by atoms with Crippen LogP contribution in [-0.4, -0.2) is 23.0 Å². The van der Waals surface area contributed by atoms with E-state index in [1.165, 1.54) is 12.1 Å². The zero-order chi connectivity index (χ0) is 14.6. The minimum absolute atomic E-state index is 0.0443. The maximum absolute atomic E-state index is 13.2. The molecule has 104 valence electrons. The number of carboxylic acid groups (broad SMARTS) is 1. The van der Waals surface area contributed by atoms with Gasteiger partial charge in [-0.1, -0.05) is 25.4 Å². The highest BCUT2D eigenvalue weighted by Crippen LogP contribution is 2.16. The molecule has 1 unspecified atom stereocenters. The van der Waals surface area contributed by atoms with Gasteiger partial charge in [-0.15, -0.1) is 0 Å². The minimum atomic E-state index is -0.999. The third-order valence-corrected chi connectivity index (χ3v) is 3.00. The van der Waals surface area contributed by atoms with Crippen molar-refractivity contribution in [2.75, 3.05) is 0 Å². The summed E-state index contributed by atoms with van der Waals surface area (Å²) in [6.45, 7) is 3.60. The van der Waals surface area contributed by atoms with Crippen LogP contribution in [0.15, 0.2) is 18.2 Å². The molecule has 0 heterocycles. The number of rotatable bonds is 5. The maximum atomic E-state index is 13.2. The Bertz CT molecular complexity index is 491. The van der Waals surface area contributed by atoms with Gasteiger partial charge < -0.3 is 10.4 Å². The van der Waals surface area contributed by atoms with Gasteiger partial charge in [0.2, 0.25) is 0 Å². The molecule has 19 heavy (non-hydrogen) atoms. The number of carbonyl (C=O) groups excluding carboxylic acids is 1. The largest absolute Gasteiger partial charge is 0.481 e. The Morgan fingerprint density at radius 2 is 2.05 bits per heavy atom. The highest BCUT2D eigenvalue weighted by molar-refractivity contribution is 6.30. The fourth-order valence-corrected chi connectivity index (χ4v) is 1.65. The molecule has 2 N–H and O–H groups in total. The van der Waals surface area contributed by atoms with Crippen molar-refractivity contribution < 1.29 is 19.1 Å². The third-order valence-electron chi connectivity index (χ3n) is 2.70. The molecule has 0 aliphatic rings. The molecule has 0 aromatic heterocycles. The van der Waals surface area contributed by atoms with E-state index in [9.17, 15) is 14.0 Å². The second-order valence-corrected chi connectivity index (χ2v) is 4.96. The number of amides is 1. The first-order valence-corrected chi connectivity index (χ1v) is 6.16. The van der Waals surface area contributed by atoms with Crippen LogP contribution in [0.3, 0.4) is 0 Å². The lowest BCUT2D eigenvalue weighted by Gasteiger charge is -2.20. The van der Waals surface area contributed by atoms with Crippen LogP contribution in [-0.2, 0) is 4.79 Å². The second kappa shape index (κ2) is 6.52. The monoisotopic (exact) mass is 287 g/mol. The van der Waals surface area contributed by atoms with Gasteiger partial charge in [-0.25, -0.2) is 4.39 Å². The smallest absolute Gasteiger partial charge is 0.305 e. The molecule has 6 heteroatoms. The second-order valence-electron chi connectivity index (χ2n) is 4.55. The number of carboxylic acids is 1. The van der Waals surface area contributed by atoms with Crippen LogP contribution >= 0.6 is 11.6 Å².